The van der Waals surface area contributed by atoms with E-state index in [1.54, 1.807) is 14.0 Å². The molecule has 0 amide bonds. The van der Waals surface area contributed by atoms with E-state index >= 15 is 0 Å². The Morgan fingerprint density at radius 3 is 2.67 bits per heavy atom. The smallest absolute Gasteiger partial charge is 0.309 e. The third kappa shape index (κ3) is 5.30. The number of methoxy groups -OCH3 is 1. The minimum Gasteiger partial charge on any atom is -0.463 e. The first-order chi connectivity index (χ1) is 4.31. The van der Waals surface area contributed by atoms with Crippen LogP contribution in [0.25, 0.3) is 0 Å². The summed E-state index contributed by atoms with van der Waals surface area (Å²) in [6.07, 6.45) is 1.37. The second-order valence-electron chi connectivity index (χ2n) is 1.45. The Bertz CT molecular complexity index is 80.4. The third-order valence-corrected chi connectivity index (χ3v) is 0.767. The van der Waals surface area contributed by atoms with E-state index in [0.717, 1.165) is 0 Å². The van der Waals surface area contributed by atoms with Crippen LogP contribution in [-0.4, -0.2) is 26.3 Å². The molecule has 0 aromatic rings. The molecule has 0 aromatic heterocycles. The van der Waals surface area contributed by atoms with Gasteiger partial charge in [0.2, 0.25) is 0 Å². The van der Waals surface area contributed by atoms with Gasteiger partial charge in [0.05, 0.1) is 13.0 Å². The molecule has 0 bridgehead atoms. The van der Waals surface area contributed by atoms with Gasteiger partial charge in [-0.1, -0.05) is 6.92 Å². The molecule has 0 spiro atoms. The Labute approximate surface area is 55.0 Å². The van der Waals surface area contributed by atoms with Crippen LogP contribution < -0.4 is 0 Å². The van der Waals surface area contributed by atoms with Crippen molar-refractivity contribution in [3.05, 3.63) is 6.42 Å². The summed E-state index contributed by atoms with van der Waals surface area (Å²) in [6, 6.07) is 0. The first kappa shape index (κ1) is 8.43. The largest absolute Gasteiger partial charge is 0.463 e. The van der Waals surface area contributed by atoms with Crippen LogP contribution in [0.3, 0.4) is 0 Å². The maximum absolute atomic E-state index is 10.4. The number of esters is 1. The van der Waals surface area contributed by atoms with Gasteiger partial charge in [-0.05, 0) is 0 Å². The van der Waals surface area contributed by atoms with E-state index in [-0.39, 0.29) is 5.97 Å². The van der Waals surface area contributed by atoms with Gasteiger partial charge in [0.15, 0.2) is 0 Å². The lowest BCUT2D eigenvalue weighted by Crippen LogP contribution is -2.08. The van der Waals surface area contributed by atoms with Crippen molar-refractivity contribution in [1.29, 1.82) is 0 Å². The predicted octanol–water partition coefficient (Wildman–Crippen LogP) is 0.400. The fraction of sp³-hybridized carbons (Fsp3) is 0.667. The number of carbonyl (C=O) groups excluding carboxylic acids is 1. The highest BCUT2D eigenvalue weighted by molar-refractivity contribution is 5.78. The summed E-state index contributed by atoms with van der Waals surface area (Å²) in [7, 11) is 1.56. The number of hydrogen-bond donors (Lipinski definition) is 0. The number of carbonyl (C=O) groups is 1. The number of ether oxygens (including phenoxy) is 2. The Balaban J connectivity index is 2.97. The van der Waals surface area contributed by atoms with E-state index in [4.69, 9.17) is 0 Å². The van der Waals surface area contributed by atoms with Crippen molar-refractivity contribution in [2.45, 2.75) is 6.92 Å². The molecule has 0 N–H and O–H groups in total. The van der Waals surface area contributed by atoms with Crippen molar-refractivity contribution in [2.75, 3.05) is 20.3 Å². The Hall–Kier alpha value is -0.570. The Morgan fingerprint density at radius 2 is 2.22 bits per heavy atom. The SMILES string of the molecule is C[CH]C(=O)OCCOC. The molecule has 0 heterocycles. The molecular formula is C6H11O3. The highest BCUT2D eigenvalue weighted by atomic mass is 16.6. The minimum absolute atomic E-state index is 0.299. The van der Waals surface area contributed by atoms with Gasteiger partial charge in [0, 0.05) is 7.11 Å². The quantitative estimate of drug-likeness (QED) is 0.409. The summed E-state index contributed by atoms with van der Waals surface area (Å²) in [5, 5.41) is 0. The third-order valence-electron chi connectivity index (χ3n) is 0.767. The van der Waals surface area contributed by atoms with Crippen LogP contribution in [0.2, 0.25) is 0 Å². The van der Waals surface area contributed by atoms with Gasteiger partial charge in [-0.3, -0.25) is 4.79 Å². The van der Waals surface area contributed by atoms with Gasteiger partial charge in [-0.2, -0.15) is 0 Å². The number of hydrogen-bond acceptors (Lipinski definition) is 3. The summed E-state index contributed by atoms with van der Waals surface area (Å²) in [5.41, 5.74) is 0. The zero-order valence-electron chi connectivity index (χ0n) is 5.72. The molecule has 0 saturated carbocycles. The molecule has 0 rings (SSSR count). The van der Waals surface area contributed by atoms with Gasteiger partial charge in [0.25, 0.3) is 0 Å². The van der Waals surface area contributed by atoms with Crippen LogP contribution in [0, 0.1) is 6.42 Å². The van der Waals surface area contributed by atoms with Crippen LogP contribution in [0.15, 0.2) is 0 Å². The van der Waals surface area contributed by atoms with E-state index in [1.165, 1.54) is 6.42 Å². The predicted molar refractivity (Wildman–Crippen MR) is 32.8 cm³/mol. The van der Waals surface area contributed by atoms with Gasteiger partial charge < -0.3 is 9.47 Å². The topological polar surface area (TPSA) is 35.5 Å². The fourth-order valence-corrected chi connectivity index (χ4v) is 0.309. The first-order valence-corrected chi connectivity index (χ1v) is 2.76. The summed E-state index contributed by atoms with van der Waals surface area (Å²) in [5.74, 6) is -0.299. The highest BCUT2D eigenvalue weighted by Gasteiger charge is 1.95. The fourth-order valence-electron chi connectivity index (χ4n) is 0.309. The molecule has 0 aliphatic carbocycles. The van der Waals surface area contributed by atoms with E-state index in [9.17, 15) is 4.79 Å². The second-order valence-corrected chi connectivity index (χ2v) is 1.45. The van der Waals surface area contributed by atoms with Crippen LogP contribution in [0.5, 0.6) is 0 Å². The molecule has 3 heteroatoms. The van der Waals surface area contributed by atoms with E-state index in [1.807, 2.05) is 0 Å². The van der Waals surface area contributed by atoms with Crippen LogP contribution in [0.1, 0.15) is 6.92 Å². The summed E-state index contributed by atoms with van der Waals surface area (Å²) < 4.78 is 9.26. The zero-order valence-corrected chi connectivity index (χ0v) is 5.72. The van der Waals surface area contributed by atoms with E-state index < -0.39 is 0 Å². The van der Waals surface area contributed by atoms with Gasteiger partial charge in [0.1, 0.15) is 6.61 Å². The normalized spacial score (nSPS) is 9.11. The maximum Gasteiger partial charge on any atom is 0.309 e. The summed E-state index contributed by atoms with van der Waals surface area (Å²) in [4.78, 5) is 10.4. The van der Waals surface area contributed by atoms with Crippen molar-refractivity contribution < 1.29 is 14.3 Å². The molecule has 0 fully saturated rings. The monoisotopic (exact) mass is 131 g/mol. The standard InChI is InChI=1S/C6H11O3/c1-3-6(7)9-5-4-8-2/h3H,4-5H2,1-2H3. The number of rotatable bonds is 4. The molecule has 0 aromatic carbocycles. The molecule has 0 aliphatic heterocycles. The average Bonchev–Trinajstić information content (AvgIpc) is 1.89. The van der Waals surface area contributed by atoms with Gasteiger partial charge >= 0.3 is 5.97 Å². The molecule has 0 atom stereocenters. The van der Waals surface area contributed by atoms with E-state index in [0.29, 0.717) is 13.2 Å². The average molecular weight is 131 g/mol. The second kappa shape index (κ2) is 5.56. The molecule has 0 unspecified atom stereocenters. The molecule has 0 aliphatic rings. The first-order valence-electron chi connectivity index (χ1n) is 2.76. The summed E-state index contributed by atoms with van der Waals surface area (Å²) >= 11 is 0. The lowest BCUT2D eigenvalue weighted by molar-refractivity contribution is -0.140. The van der Waals surface area contributed by atoms with E-state index in [2.05, 4.69) is 9.47 Å². The molecule has 3 nitrogen and oxygen atoms in total. The van der Waals surface area contributed by atoms with Crippen molar-refractivity contribution in [3.8, 4) is 0 Å². The van der Waals surface area contributed by atoms with Gasteiger partial charge in [-0.15, -0.1) is 0 Å². The minimum atomic E-state index is -0.299. The Kier molecular flexibility index (Phi) is 5.21. The van der Waals surface area contributed by atoms with Gasteiger partial charge in [-0.25, -0.2) is 0 Å². The highest BCUT2D eigenvalue weighted by Crippen LogP contribution is 1.81. The van der Waals surface area contributed by atoms with Crippen LogP contribution in [-0.2, 0) is 14.3 Å². The molecule has 1 radical (unpaired) electrons. The van der Waals surface area contributed by atoms with Crippen LogP contribution >= 0.6 is 0 Å². The van der Waals surface area contributed by atoms with Crippen molar-refractivity contribution in [2.24, 2.45) is 0 Å². The zero-order chi connectivity index (χ0) is 7.11. The van der Waals surface area contributed by atoms with Crippen molar-refractivity contribution >= 4 is 5.97 Å². The van der Waals surface area contributed by atoms with Crippen LogP contribution in [0.4, 0.5) is 0 Å². The Morgan fingerprint density at radius 1 is 1.56 bits per heavy atom. The maximum atomic E-state index is 10.4. The molecule has 0 saturated heterocycles. The molecule has 9 heavy (non-hydrogen) atoms. The van der Waals surface area contributed by atoms with Crippen molar-refractivity contribution in [3.63, 3.8) is 0 Å². The molecular weight excluding hydrogens is 120 g/mol. The lowest BCUT2D eigenvalue weighted by atomic mass is 10.5. The summed E-state index contributed by atoms with van der Waals surface area (Å²) in [6.45, 7) is 2.42. The lowest BCUT2D eigenvalue weighted by Gasteiger charge is -1.99. The van der Waals surface area contributed by atoms with Crippen molar-refractivity contribution in [1.82, 2.24) is 0 Å². The molecule has 53 valence electrons.